The van der Waals surface area contributed by atoms with E-state index in [0.29, 0.717) is 24.5 Å². The van der Waals surface area contributed by atoms with Crippen LogP contribution in [0.4, 0.5) is 10.5 Å². The molecular weight excluding hydrogens is 308 g/mol. The minimum Gasteiger partial charge on any atom is -0.372 e. The van der Waals surface area contributed by atoms with Crippen LogP contribution in [0.25, 0.3) is 10.9 Å². The van der Waals surface area contributed by atoms with Gasteiger partial charge in [-0.2, -0.15) is 0 Å². The lowest BCUT2D eigenvalue weighted by Gasteiger charge is -2.35. The first-order chi connectivity index (χ1) is 11.5. The van der Waals surface area contributed by atoms with Crippen LogP contribution in [-0.2, 0) is 4.74 Å². The smallest absolute Gasteiger partial charge is 0.322 e. The molecule has 1 aromatic heterocycles. The van der Waals surface area contributed by atoms with Crippen molar-refractivity contribution in [2.75, 3.05) is 25.5 Å². The van der Waals surface area contributed by atoms with Gasteiger partial charge in [0.2, 0.25) is 0 Å². The number of H-pyrrole nitrogens is 1. The second-order valence-corrected chi connectivity index (χ2v) is 6.16. The summed E-state index contributed by atoms with van der Waals surface area (Å²) in [6.07, 6.45) is 0.0588. The number of aromatic amines is 1. The first-order valence-corrected chi connectivity index (χ1v) is 8.02. The zero-order valence-corrected chi connectivity index (χ0v) is 14.1. The van der Waals surface area contributed by atoms with E-state index in [0.717, 1.165) is 10.9 Å². The van der Waals surface area contributed by atoms with Gasteiger partial charge in [-0.25, -0.2) is 4.79 Å². The maximum absolute atomic E-state index is 12.4. The van der Waals surface area contributed by atoms with Gasteiger partial charge in [-0.3, -0.25) is 4.79 Å². The van der Waals surface area contributed by atoms with Crippen molar-refractivity contribution >= 4 is 28.5 Å². The predicted octanol–water partition coefficient (Wildman–Crippen LogP) is 2.17. The fraction of sp³-hybridized carbons (Fsp3) is 0.412. The van der Waals surface area contributed by atoms with E-state index in [1.54, 1.807) is 18.0 Å². The Morgan fingerprint density at radius 1 is 1.21 bits per heavy atom. The van der Waals surface area contributed by atoms with Crippen LogP contribution in [0.1, 0.15) is 24.3 Å². The SMILES string of the molecule is CNC(=O)c1cc2cc(NC(=O)N3C[C@@H](C)O[C@H](C)C3)ccc2[nH]1. The lowest BCUT2D eigenvalue weighted by Crippen LogP contribution is -2.49. The van der Waals surface area contributed by atoms with Gasteiger partial charge in [-0.05, 0) is 38.1 Å². The lowest BCUT2D eigenvalue weighted by atomic mass is 10.2. The minimum atomic E-state index is -0.173. The number of hydrogen-bond donors (Lipinski definition) is 3. The van der Waals surface area contributed by atoms with Gasteiger partial charge >= 0.3 is 6.03 Å². The lowest BCUT2D eigenvalue weighted by molar-refractivity contribution is -0.0530. The Morgan fingerprint density at radius 2 is 1.92 bits per heavy atom. The van der Waals surface area contributed by atoms with Crippen molar-refractivity contribution in [3.05, 3.63) is 30.0 Å². The number of rotatable bonds is 2. The topological polar surface area (TPSA) is 86.5 Å². The van der Waals surface area contributed by atoms with Crippen LogP contribution < -0.4 is 10.6 Å². The highest BCUT2D eigenvalue weighted by Crippen LogP contribution is 2.21. The van der Waals surface area contributed by atoms with Gasteiger partial charge in [0.1, 0.15) is 5.69 Å². The number of amides is 3. The van der Waals surface area contributed by atoms with Crippen LogP contribution in [0.5, 0.6) is 0 Å². The van der Waals surface area contributed by atoms with E-state index < -0.39 is 0 Å². The van der Waals surface area contributed by atoms with E-state index in [4.69, 9.17) is 4.74 Å². The van der Waals surface area contributed by atoms with Gasteiger partial charge in [-0.1, -0.05) is 0 Å². The normalized spacial score (nSPS) is 20.9. The standard InChI is InChI=1S/C17H22N4O3/c1-10-8-21(9-11(2)24-10)17(23)19-13-4-5-14-12(6-13)7-15(20-14)16(22)18-3/h4-7,10-11,20H,8-9H2,1-3H3,(H,18,22)(H,19,23)/t10-,11-/m1/s1. The maximum atomic E-state index is 12.4. The summed E-state index contributed by atoms with van der Waals surface area (Å²) in [5.74, 6) is -0.173. The molecule has 2 heterocycles. The van der Waals surface area contributed by atoms with Crippen LogP contribution in [0.3, 0.4) is 0 Å². The Bertz CT molecular complexity index is 760. The number of anilines is 1. The summed E-state index contributed by atoms with van der Waals surface area (Å²) in [7, 11) is 1.59. The van der Waals surface area contributed by atoms with Crippen molar-refractivity contribution in [1.82, 2.24) is 15.2 Å². The number of urea groups is 1. The number of carbonyl (C=O) groups excluding carboxylic acids is 2. The van der Waals surface area contributed by atoms with Gasteiger partial charge in [0.05, 0.1) is 12.2 Å². The average molecular weight is 330 g/mol. The predicted molar refractivity (Wildman–Crippen MR) is 92.3 cm³/mol. The van der Waals surface area contributed by atoms with Gasteiger partial charge < -0.3 is 25.3 Å². The third-order valence-electron chi connectivity index (χ3n) is 4.05. The van der Waals surface area contributed by atoms with E-state index in [1.807, 2.05) is 32.0 Å². The Kier molecular flexibility index (Phi) is 4.44. The molecule has 0 aliphatic carbocycles. The molecule has 1 aliphatic rings. The fourth-order valence-electron chi connectivity index (χ4n) is 3.01. The van der Waals surface area contributed by atoms with Gasteiger partial charge in [0.15, 0.2) is 0 Å². The number of morpholine rings is 1. The van der Waals surface area contributed by atoms with Crippen LogP contribution in [-0.4, -0.2) is 54.2 Å². The average Bonchev–Trinajstić information content (AvgIpc) is 2.96. The fourth-order valence-corrected chi connectivity index (χ4v) is 3.01. The molecule has 3 N–H and O–H groups in total. The summed E-state index contributed by atoms with van der Waals surface area (Å²) in [6.45, 7) is 5.07. The molecular formula is C17H22N4O3. The molecule has 0 spiro atoms. The molecule has 24 heavy (non-hydrogen) atoms. The van der Waals surface area contributed by atoms with Gasteiger partial charge in [0.25, 0.3) is 5.91 Å². The van der Waals surface area contributed by atoms with Crippen LogP contribution in [0, 0.1) is 0 Å². The second-order valence-electron chi connectivity index (χ2n) is 6.16. The van der Waals surface area contributed by atoms with Crippen molar-refractivity contribution in [2.45, 2.75) is 26.1 Å². The minimum absolute atomic E-state index is 0.0294. The zero-order chi connectivity index (χ0) is 17.3. The maximum Gasteiger partial charge on any atom is 0.322 e. The monoisotopic (exact) mass is 330 g/mol. The summed E-state index contributed by atoms with van der Waals surface area (Å²) in [5, 5.41) is 6.37. The van der Waals surface area contributed by atoms with Crippen molar-refractivity contribution in [1.29, 1.82) is 0 Å². The van der Waals surface area contributed by atoms with E-state index in [9.17, 15) is 9.59 Å². The van der Waals surface area contributed by atoms with Gasteiger partial charge in [0, 0.05) is 36.7 Å². The Hall–Kier alpha value is -2.54. The Labute approximate surface area is 140 Å². The van der Waals surface area contributed by atoms with Crippen molar-refractivity contribution in [3.63, 3.8) is 0 Å². The number of nitrogens with zero attached hydrogens (tertiary/aromatic N) is 1. The van der Waals surface area contributed by atoms with Gasteiger partial charge in [-0.15, -0.1) is 0 Å². The molecule has 3 rings (SSSR count). The molecule has 7 heteroatoms. The summed E-state index contributed by atoms with van der Waals surface area (Å²) in [6, 6.07) is 7.14. The molecule has 2 aromatic rings. The summed E-state index contributed by atoms with van der Waals surface area (Å²) < 4.78 is 5.65. The molecule has 2 atom stereocenters. The Morgan fingerprint density at radius 3 is 2.58 bits per heavy atom. The molecule has 1 aliphatic heterocycles. The molecule has 1 fully saturated rings. The quantitative estimate of drug-likeness (QED) is 0.789. The number of hydrogen-bond acceptors (Lipinski definition) is 3. The molecule has 0 unspecified atom stereocenters. The van der Waals surface area contributed by atoms with Crippen LogP contribution >= 0.6 is 0 Å². The zero-order valence-electron chi connectivity index (χ0n) is 14.1. The number of aromatic nitrogens is 1. The van der Waals surface area contributed by atoms with E-state index in [2.05, 4.69) is 15.6 Å². The summed E-state index contributed by atoms with van der Waals surface area (Å²) in [5.41, 5.74) is 2.04. The van der Waals surface area contributed by atoms with E-state index >= 15 is 0 Å². The first-order valence-electron chi connectivity index (χ1n) is 8.02. The number of fused-ring (bicyclic) bond motifs is 1. The molecule has 1 aromatic carbocycles. The molecule has 0 radical (unpaired) electrons. The first kappa shape index (κ1) is 16.3. The summed E-state index contributed by atoms with van der Waals surface area (Å²) in [4.78, 5) is 28.9. The van der Waals surface area contributed by atoms with E-state index in [-0.39, 0.29) is 24.1 Å². The highest BCUT2D eigenvalue weighted by Gasteiger charge is 2.25. The highest BCUT2D eigenvalue weighted by molar-refractivity contribution is 5.99. The van der Waals surface area contributed by atoms with Crippen molar-refractivity contribution in [3.8, 4) is 0 Å². The molecule has 7 nitrogen and oxygen atoms in total. The van der Waals surface area contributed by atoms with Crippen molar-refractivity contribution in [2.24, 2.45) is 0 Å². The third kappa shape index (κ3) is 3.35. The molecule has 128 valence electrons. The molecule has 1 saturated heterocycles. The number of ether oxygens (including phenoxy) is 1. The molecule has 0 saturated carbocycles. The highest BCUT2D eigenvalue weighted by atomic mass is 16.5. The van der Waals surface area contributed by atoms with E-state index in [1.165, 1.54) is 0 Å². The second kappa shape index (κ2) is 6.52. The van der Waals surface area contributed by atoms with Crippen molar-refractivity contribution < 1.29 is 14.3 Å². The third-order valence-corrected chi connectivity index (χ3v) is 4.05. The molecule has 0 bridgehead atoms. The van der Waals surface area contributed by atoms with Crippen LogP contribution in [0.2, 0.25) is 0 Å². The number of benzene rings is 1. The number of nitrogens with one attached hydrogen (secondary N) is 3. The van der Waals surface area contributed by atoms with Crippen LogP contribution in [0.15, 0.2) is 24.3 Å². The summed E-state index contributed by atoms with van der Waals surface area (Å²) >= 11 is 0. The Balaban J connectivity index is 1.75. The largest absolute Gasteiger partial charge is 0.372 e. The number of carbonyl (C=O) groups is 2. The molecule has 3 amide bonds.